The van der Waals surface area contributed by atoms with E-state index in [2.05, 4.69) is 20.8 Å². The highest BCUT2D eigenvalue weighted by molar-refractivity contribution is 5.74. The molecule has 0 aromatic carbocycles. The van der Waals surface area contributed by atoms with E-state index in [1.54, 1.807) is 6.92 Å². The summed E-state index contributed by atoms with van der Waals surface area (Å²) in [4.78, 5) is 11.1. The summed E-state index contributed by atoms with van der Waals surface area (Å²) in [7, 11) is 0. The van der Waals surface area contributed by atoms with Gasteiger partial charge in [0.05, 0.1) is 6.61 Å². The molecule has 0 saturated carbocycles. The van der Waals surface area contributed by atoms with Gasteiger partial charge in [-0.3, -0.25) is 4.79 Å². The molecule has 0 aromatic heterocycles. The summed E-state index contributed by atoms with van der Waals surface area (Å²) < 4.78 is 5.10. The highest BCUT2D eigenvalue weighted by atomic mass is 16.5. The molecule has 0 aromatic rings. The van der Waals surface area contributed by atoms with Gasteiger partial charge in [0.1, 0.15) is 6.04 Å². The van der Waals surface area contributed by atoms with Gasteiger partial charge in [0.2, 0.25) is 0 Å². The van der Waals surface area contributed by atoms with Crippen LogP contribution in [0.3, 0.4) is 0 Å². The van der Waals surface area contributed by atoms with Crippen LogP contribution in [-0.2, 0) is 9.53 Å². The number of unbranched alkanes of at least 4 members (excludes halogenated alkanes) is 1. The molecule has 0 aliphatic carbocycles. The Hall–Kier alpha value is -0.570. The first-order chi connectivity index (χ1) is 6.39. The van der Waals surface area contributed by atoms with E-state index in [1.165, 1.54) is 12.8 Å². The molecule has 0 fully saturated rings. The number of nitrogens with two attached hydrogens (primary N) is 1. The van der Waals surface area contributed by atoms with Gasteiger partial charge < -0.3 is 10.5 Å². The van der Waals surface area contributed by atoms with Crippen LogP contribution in [0.15, 0.2) is 0 Å². The molecule has 0 saturated heterocycles. The molecule has 3 heteroatoms. The Morgan fingerprint density at radius 3 is 2.50 bits per heavy atom. The van der Waals surface area contributed by atoms with Crippen molar-refractivity contribution in [1.82, 2.24) is 0 Å². The molecule has 0 spiro atoms. The van der Waals surface area contributed by atoms with Gasteiger partial charge in [-0.2, -0.15) is 0 Å². The Labute approximate surface area is 87.0 Å². The van der Waals surface area contributed by atoms with Gasteiger partial charge in [0, 0.05) is 0 Å². The second-order valence-corrected chi connectivity index (χ2v) is 4.66. The van der Waals surface area contributed by atoms with Gasteiger partial charge in [0.25, 0.3) is 0 Å². The van der Waals surface area contributed by atoms with Gasteiger partial charge in [0.15, 0.2) is 0 Å². The molecular formula is C11H23NO2. The van der Waals surface area contributed by atoms with E-state index in [1.807, 2.05) is 0 Å². The van der Waals surface area contributed by atoms with Gasteiger partial charge in [-0.05, 0) is 18.8 Å². The summed E-state index contributed by atoms with van der Waals surface area (Å²) >= 11 is 0. The Bertz CT molecular complexity index is 176. The SMILES string of the molecule is CCCCC(C)(C)COC(=O)C(C)N. The summed E-state index contributed by atoms with van der Waals surface area (Å²) in [6.07, 6.45) is 3.42. The average molecular weight is 201 g/mol. The maximum atomic E-state index is 11.1. The van der Waals surface area contributed by atoms with Gasteiger partial charge >= 0.3 is 5.97 Å². The van der Waals surface area contributed by atoms with Crippen molar-refractivity contribution in [3.63, 3.8) is 0 Å². The van der Waals surface area contributed by atoms with Crippen LogP contribution in [-0.4, -0.2) is 18.6 Å². The summed E-state index contributed by atoms with van der Waals surface area (Å²) in [5.74, 6) is -0.311. The van der Waals surface area contributed by atoms with Crippen LogP contribution >= 0.6 is 0 Å². The summed E-state index contributed by atoms with van der Waals surface area (Å²) in [5, 5.41) is 0. The Balaban J connectivity index is 3.80. The van der Waals surface area contributed by atoms with Crippen molar-refractivity contribution >= 4 is 5.97 Å². The minimum Gasteiger partial charge on any atom is -0.464 e. The van der Waals surface area contributed by atoms with Crippen molar-refractivity contribution in [1.29, 1.82) is 0 Å². The lowest BCUT2D eigenvalue weighted by Crippen LogP contribution is -2.32. The van der Waals surface area contributed by atoms with Crippen molar-refractivity contribution < 1.29 is 9.53 Å². The van der Waals surface area contributed by atoms with E-state index in [9.17, 15) is 4.79 Å². The number of carbonyl (C=O) groups is 1. The molecule has 3 nitrogen and oxygen atoms in total. The minimum atomic E-state index is -0.517. The molecule has 0 aliphatic heterocycles. The quantitative estimate of drug-likeness (QED) is 0.669. The fraction of sp³-hybridized carbons (Fsp3) is 0.909. The lowest BCUT2D eigenvalue weighted by molar-refractivity contribution is -0.147. The van der Waals surface area contributed by atoms with E-state index < -0.39 is 6.04 Å². The fourth-order valence-electron chi connectivity index (χ4n) is 1.13. The normalized spacial score (nSPS) is 13.8. The molecule has 0 amide bonds. The molecule has 0 aliphatic rings. The Kier molecular flexibility index (Phi) is 5.77. The smallest absolute Gasteiger partial charge is 0.322 e. The van der Waals surface area contributed by atoms with Gasteiger partial charge in [-0.1, -0.05) is 33.6 Å². The molecular weight excluding hydrogens is 178 g/mol. The van der Waals surface area contributed by atoms with Crippen molar-refractivity contribution in [3.05, 3.63) is 0 Å². The molecule has 2 N–H and O–H groups in total. The second-order valence-electron chi connectivity index (χ2n) is 4.66. The van der Waals surface area contributed by atoms with Gasteiger partial charge in [-0.25, -0.2) is 0 Å². The van der Waals surface area contributed by atoms with E-state index in [4.69, 9.17) is 10.5 Å². The lowest BCUT2D eigenvalue weighted by Gasteiger charge is -2.24. The van der Waals surface area contributed by atoms with E-state index >= 15 is 0 Å². The van der Waals surface area contributed by atoms with Crippen molar-refractivity contribution in [2.75, 3.05) is 6.61 Å². The average Bonchev–Trinajstić information content (AvgIpc) is 2.11. The zero-order valence-electron chi connectivity index (χ0n) is 9.80. The Morgan fingerprint density at radius 2 is 2.07 bits per heavy atom. The summed E-state index contributed by atoms with van der Waals surface area (Å²) in [5.41, 5.74) is 5.46. The zero-order valence-corrected chi connectivity index (χ0v) is 9.80. The van der Waals surface area contributed by atoms with Crippen molar-refractivity contribution in [2.24, 2.45) is 11.1 Å². The van der Waals surface area contributed by atoms with Crippen LogP contribution < -0.4 is 5.73 Å². The molecule has 0 rings (SSSR count). The van der Waals surface area contributed by atoms with Crippen LogP contribution in [0.1, 0.15) is 47.0 Å². The number of rotatable bonds is 6. The maximum Gasteiger partial charge on any atom is 0.322 e. The minimum absolute atomic E-state index is 0.0700. The monoisotopic (exact) mass is 201 g/mol. The Morgan fingerprint density at radius 1 is 1.50 bits per heavy atom. The number of ether oxygens (including phenoxy) is 1. The van der Waals surface area contributed by atoms with Crippen LogP contribution in [0, 0.1) is 5.41 Å². The number of esters is 1. The summed E-state index contributed by atoms with van der Waals surface area (Å²) in [6.45, 7) is 8.48. The number of carbonyl (C=O) groups excluding carboxylic acids is 1. The molecule has 0 radical (unpaired) electrons. The fourth-order valence-corrected chi connectivity index (χ4v) is 1.13. The van der Waals surface area contributed by atoms with Gasteiger partial charge in [-0.15, -0.1) is 0 Å². The second kappa shape index (κ2) is 6.02. The lowest BCUT2D eigenvalue weighted by atomic mass is 9.88. The van der Waals surface area contributed by atoms with E-state index in [-0.39, 0.29) is 11.4 Å². The molecule has 1 unspecified atom stereocenters. The topological polar surface area (TPSA) is 52.3 Å². The van der Waals surface area contributed by atoms with Crippen LogP contribution in [0.25, 0.3) is 0 Å². The van der Waals surface area contributed by atoms with Crippen molar-refractivity contribution in [2.45, 2.75) is 53.0 Å². The molecule has 1 atom stereocenters. The summed E-state index contributed by atoms with van der Waals surface area (Å²) in [6, 6.07) is -0.517. The predicted molar refractivity (Wildman–Crippen MR) is 57.9 cm³/mol. The van der Waals surface area contributed by atoms with E-state index in [0.29, 0.717) is 6.61 Å². The standard InChI is InChI=1S/C11H23NO2/c1-5-6-7-11(3,4)8-14-10(13)9(2)12/h9H,5-8,12H2,1-4H3. The predicted octanol–water partition coefficient (Wildman–Crippen LogP) is 2.09. The third-order valence-electron chi connectivity index (χ3n) is 2.18. The maximum absolute atomic E-state index is 11.1. The van der Waals surface area contributed by atoms with E-state index in [0.717, 1.165) is 6.42 Å². The number of hydrogen-bond donors (Lipinski definition) is 1. The first kappa shape index (κ1) is 13.4. The first-order valence-electron chi connectivity index (χ1n) is 5.31. The highest BCUT2D eigenvalue weighted by Crippen LogP contribution is 2.23. The molecule has 0 heterocycles. The number of hydrogen-bond acceptors (Lipinski definition) is 3. The van der Waals surface area contributed by atoms with Crippen LogP contribution in [0.2, 0.25) is 0 Å². The van der Waals surface area contributed by atoms with Crippen LogP contribution in [0.5, 0.6) is 0 Å². The zero-order chi connectivity index (χ0) is 11.2. The first-order valence-corrected chi connectivity index (χ1v) is 5.31. The third-order valence-corrected chi connectivity index (χ3v) is 2.18. The van der Waals surface area contributed by atoms with Crippen molar-refractivity contribution in [3.8, 4) is 0 Å². The largest absolute Gasteiger partial charge is 0.464 e. The molecule has 0 bridgehead atoms. The van der Waals surface area contributed by atoms with Crippen LogP contribution in [0.4, 0.5) is 0 Å². The third kappa shape index (κ3) is 5.97. The highest BCUT2D eigenvalue weighted by Gasteiger charge is 2.20. The molecule has 14 heavy (non-hydrogen) atoms. The molecule has 84 valence electrons.